The highest BCUT2D eigenvalue weighted by Crippen LogP contribution is 2.24. The number of H-pyrrole nitrogens is 1. The Morgan fingerprint density at radius 3 is 2.21 bits per heavy atom. The number of methoxy groups -OCH3 is 3. The van der Waals surface area contributed by atoms with E-state index in [4.69, 9.17) is 14.2 Å². The predicted octanol–water partition coefficient (Wildman–Crippen LogP) is 4.55. The molecule has 0 saturated heterocycles. The number of hydrogen-bond acceptors (Lipinski definition) is 5. The van der Waals surface area contributed by atoms with Gasteiger partial charge in [-0.15, -0.1) is 0 Å². The lowest BCUT2D eigenvalue weighted by molar-refractivity contribution is -0.132. The quantitative estimate of drug-likeness (QED) is 0.275. The second-order valence-corrected chi connectivity index (χ2v) is 9.23. The molecule has 0 bridgehead atoms. The molecule has 4 aromatic rings. The van der Waals surface area contributed by atoms with Crippen molar-refractivity contribution in [3.8, 4) is 11.5 Å². The van der Waals surface area contributed by atoms with Crippen molar-refractivity contribution in [1.29, 1.82) is 0 Å². The fraction of sp³-hybridized carbons (Fsp3) is 0.290. The standard InChI is InChI=1S/C31H35N3O5/c1-37-16-15-34(31(36)25-17-26(38-2)19-27(18-25)39-3)22-30(35)33(21-23-9-5-4-6-10-23)14-13-24-20-32-29-12-8-7-11-28(24)29/h4-12,17-20,32H,13-16,21-22H2,1-3H3. The van der Waals surface area contributed by atoms with Gasteiger partial charge in [0.05, 0.1) is 20.8 Å². The van der Waals surface area contributed by atoms with Gasteiger partial charge in [-0.25, -0.2) is 0 Å². The number of fused-ring (bicyclic) bond motifs is 1. The van der Waals surface area contributed by atoms with Crippen LogP contribution in [-0.4, -0.2) is 74.2 Å². The average molecular weight is 530 g/mol. The van der Waals surface area contributed by atoms with Gasteiger partial charge in [-0.1, -0.05) is 48.5 Å². The van der Waals surface area contributed by atoms with Gasteiger partial charge >= 0.3 is 0 Å². The van der Waals surface area contributed by atoms with Gasteiger partial charge in [0.25, 0.3) is 5.91 Å². The van der Waals surface area contributed by atoms with Crippen LogP contribution in [0.15, 0.2) is 79.0 Å². The number of ether oxygens (including phenoxy) is 3. The van der Waals surface area contributed by atoms with Gasteiger partial charge in [-0.05, 0) is 35.7 Å². The molecule has 1 heterocycles. The van der Waals surface area contributed by atoms with Crippen molar-refractivity contribution in [3.05, 3.63) is 95.7 Å². The number of aromatic amines is 1. The highest BCUT2D eigenvalue weighted by molar-refractivity contribution is 5.97. The van der Waals surface area contributed by atoms with Crippen LogP contribution in [0.25, 0.3) is 10.9 Å². The van der Waals surface area contributed by atoms with E-state index >= 15 is 0 Å². The minimum absolute atomic E-state index is 0.0809. The monoisotopic (exact) mass is 529 g/mol. The SMILES string of the molecule is COCCN(CC(=O)N(CCc1c[nH]c2ccccc12)Cc1ccccc1)C(=O)c1cc(OC)cc(OC)c1. The average Bonchev–Trinajstić information content (AvgIpc) is 3.40. The van der Waals surface area contributed by atoms with E-state index in [0.717, 1.165) is 22.0 Å². The van der Waals surface area contributed by atoms with E-state index in [9.17, 15) is 9.59 Å². The van der Waals surface area contributed by atoms with Crippen LogP contribution < -0.4 is 9.47 Å². The second-order valence-electron chi connectivity index (χ2n) is 9.23. The molecule has 0 unspecified atom stereocenters. The number of aromatic nitrogens is 1. The van der Waals surface area contributed by atoms with Gasteiger partial charge in [0.15, 0.2) is 0 Å². The molecule has 1 N–H and O–H groups in total. The number of para-hydroxylation sites is 1. The molecule has 8 heteroatoms. The molecule has 2 amide bonds. The van der Waals surface area contributed by atoms with Crippen molar-refractivity contribution in [2.45, 2.75) is 13.0 Å². The van der Waals surface area contributed by atoms with Crippen molar-refractivity contribution >= 4 is 22.7 Å². The van der Waals surface area contributed by atoms with Crippen LogP contribution in [0.1, 0.15) is 21.5 Å². The Labute approximate surface area is 229 Å². The first-order valence-corrected chi connectivity index (χ1v) is 12.9. The number of hydrogen-bond donors (Lipinski definition) is 1. The minimum Gasteiger partial charge on any atom is -0.497 e. The highest BCUT2D eigenvalue weighted by atomic mass is 16.5. The Morgan fingerprint density at radius 2 is 1.51 bits per heavy atom. The third-order valence-corrected chi connectivity index (χ3v) is 6.67. The zero-order valence-electron chi connectivity index (χ0n) is 22.7. The van der Waals surface area contributed by atoms with Crippen LogP contribution in [-0.2, 0) is 22.5 Å². The topological polar surface area (TPSA) is 84.1 Å². The van der Waals surface area contributed by atoms with E-state index in [0.29, 0.717) is 43.2 Å². The van der Waals surface area contributed by atoms with Gasteiger partial charge in [0.1, 0.15) is 18.0 Å². The second kappa shape index (κ2) is 13.5. The van der Waals surface area contributed by atoms with Crippen LogP contribution >= 0.6 is 0 Å². The van der Waals surface area contributed by atoms with Crippen LogP contribution in [0, 0.1) is 0 Å². The van der Waals surface area contributed by atoms with Crippen molar-refractivity contribution < 1.29 is 23.8 Å². The lowest BCUT2D eigenvalue weighted by atomic mass is 10.1. The summed E-state index contributed by atoms with van der Waals surface area (Å²) in [6, 6.07) is 23.0. The number of nitrogens with one attached hydrogen (secondary N) is 1. The predicted molar refractivity (Wildman–Crippen MR) is 151 cm³/mol. The maximum absolute atomic E-state index is 13.8. The summed E-state index contributed by atoms with van der Waals surface area (Å²) in [7, 11) is 4.64. The summed E-state index contributed by atoms with van der Waals surface area (Å²) in [5.74, 6) is 0.562. The molecule has 0 aliphatic rings. The summed E-state index contributed by atoms with van der Waals surface area (Å²) in [5, 5.41) is 1.15. The largest absolute Gasteiger partial charge is 0.497 e. The number of rotatable bonds is 13. The molecular weight excluding hydrogens is 494 g/mol. The Kier molecular flexibility index (Phi) is 9.58. The van der Waals surface area contributed by atoms with Gasteiger partial charge in [0, 0.05) is 55.5 Å². The maximum Gasteiger partial charge on any atom is 0.254 e. The number of carbonyl (C=O) groups is 2. The zero-order chi connectivity index (χ0) is 27.6. The summed E-state index contributed by atoms with van der Waals surface area (Å²) in [6.07, 6.45) is 2.68. The molecule has 0 aliphatic heterocycles. The van der Waals surface area contributed by atoms with E-state index in [1.807, 2.05) is 59.6 Å². The molecule has 4 rings (SSSR count). The molecule has 0 fully saturated rings. The van der Waals surface area contributed by atoms with Crippen molar-refractivity contribution in [2.24, 2.45) is 0 Å². The van der Waals surface area contributed by atoms with Gasteiger partial charge in [0.2, 0.25) is 5.91 Å². The molecule has 204 valence electrons. The molecule has 0 radical (unpaired) electrons. The first kappa shape index (κ1) is 27.7. The van der Waals surface area contributed by atoms with E-state index < -0.39 is 0 Å². The molecule has 1 aromatic heterocycles. The number of benzene rings is 3. The van der Waals surface area contributed by atoms with E-state index in [1.54, 1.807) is 25.3 Å². The molecule has 0 saturated carbocycles. The van der Waals surface area contributed by atoms with Gasteiger partial charge in [-0.3, -0.25) is 9.59 Å². The normalized spacial score (nSPS) is 10.8. The zero-order valence-corrected chi connectivity index (χ0v) is 22.7. The van der Waals surface area contributed by atoms with Crippen molar-refractivity contribution in [2.75, 3.05) is 47.6 Å². The van der Waals surface area contributed by atoms with E-state index in [1.165, 1.54) is 19.1 Å². The minimum atomic E-state index is -0.297. The maximum atomic E-state index is 13.8. The van der Waals surface area contributed by atoms with Crippen molar-refractivity contribution in [1.82, 2.24) is 14.8 Å². The number of amides is 2. The highest BCUT2D eigenvalue weighted by Gasteiger charge is 2.24. The number of carbonyl (C=O) groups excluding carboxylic acids is 2. The lowest BCUT2D eigenvalue weighted by Crippen LogP contribution is -2.44. The van der Waals surface area contributed by atoms with E-state index in [-0.39, 0.29) is 24.9 Å². The molecular formula is C31H35N3O5. The Morgan fingerprint density at radius 1 is 0.821 bits per heavy atom. The van der Waals surface area contributed by atoms with Crippen LogP contribution in [0.2, 0.25) is 0 Å². The number of nitrogens with zero attached hydrogens (tertiary/aromatic N) is 2. The summed E-state index contributed by atoms with van der Waals surface area (Å²) in [5.41, 5.74) is 3.62. The summed E-state index contributed by atoms with van der Waals surface area (Å²) in [4.78, 5) is 34.0. The van der Waals surface area contributed by atoms with Crippen LogP contribution in [0.5, 0.6) is 11.5 Å². The fourth-order valence-corrected chi connectivity index (χ4v) is 4.52. The Hall–Kier alpha value is -4.30. The molecule has 0 aliphatic carbocycles. The van der Waals surface area contributed by atoms with Crippen LogP contribution in [0.3, 0.4) is 0 Å². The first-order chi connectivity index (χ1) is 19.0. The van der Waals surface area contributed by atoms with Gasteiger partial charge in [-0.2, -0.15) is 0 Å². The Bertz CT molecular complexity index is 1360. The molecule has 39 heavy (non-hydrogen) atoms. The Balaban J connectivity index is 1.56. The summed E-state index contributed by atoms with van der Waals surface area (Å²) in [6.45, 7) is 1.44. The first-order valence-electron chi connectivity index (χ1n) is 12.9. The van der Waals surface area contributed by atoms with E-state index in [2.05, 4.69) is 11.1 Å². The third kappa shape index (κ3) is 7.18. The molecule has 8 nitrogen and oxygen atoms in total. The summed E-state index contributed by atoms with van der Waals surface area (Å²) < 4.78 is 15.9. The smallest absolute Gasteiger partial charge is 0.254 e. The van der Waals surface area contributed by atoms with Gasteiger partial charge < -0.3 is 29.0 Å². The summed E-state index contributed by atoms with van der Waals surface area (Å²) >= 11 is 0. The third-order valence-electron chi connectivity index (χ3n) is 6.67. The molecule has 3 aromatic carbocycles. The fourth-order valence-electron chi connectivity index (χ4n) is 4.52. The molecule has 0 atom stereocenters. The van der Waals surface area contributed by atoms with Crippen LogP contribution in [0.4, 0.5) is 0 Å². The molecule has 0 spiro atoms. The van der Waals surface area contributed by atoms with Crippen molar-refractivity contribution in [3.63, 3.8) is 0 Å². The lowest BCUT2D eigenvalue weighted by Gasteiger charge is -2.28.